The minimum atomic E-state index is 0.0413. The molecule has 0 aromatic rings. The number of carbonyl (C=O) groups excluding carboxylic acids is 1. The topological polar surface area (TPSA) is 41.1 Å². The van der Waals surface area contributed by atoms with E-state index in [4.69, 9.17) is 0 Å². The van der Waals surface area contributed by atoms with E-state index in [1.165, 1.54) is 0 Å². The Morgan fingerprint density at radius 1 is 1.38 bits per heavy atom. The van der Waals surface area contributed by atoms with Crippen LogP contribution in [-0.4, -0.2) is 26.0 Å². The Kier molecular flexibility index (Phi) is 4.99. The maximum absolute atomic E-state index is 10.9. The van der Waals surface area contributed by atoms with Crippen molar-refractivity contribution in [2.24, 2.45) is 11.3 Å². The van der Waals surface area contributed by atoms with E-state index >= 15 is 0 Å². The molecular formula is C10H22N2O. The van der Waals surface area contributed by atoms with Gasteiger partial charge in [-0.15, -0.1) is 0 Å². The number of nitrogens with one attached hydrogen (secondary N) is 2. The zero-order valence-corrected chi connectivity index (χ0v) is 9.40. The van der Waals surface area contributed by atoms with E-state index in [0.29, 0.717) is 12.5 Å². The molecule has 1 amide bonds. The van der Waals surface area contributed by atoms with Crippen molar-refractivity contribution in [2.75, 3.05) is 20.1 Å². The lowest BCUT2D eigenvalue weighted by molar-refractivity contribution is -0.119. The Balaban J connectivity index is 3.70. The second kappa shape index (κ2) is 5.22. The molecule has 2 N–H and O–H groups in total. The van der Waals surface area contributed by atoms with Gasteiger partial charge in [-0.25, -0.2) is 0 Å². The highest BCUT2D eigenvalue weighted by Gasteiger charge is 2.21. The zero-order chi connectivity index (χ0) is 10.5. The largest absolute Gasteiger partial charge is 0.358 e. The van der Waals surface area contributed by atoms with Crippen LogP contribution < -0.4 is 10.6 Å². The van der Waals surface area contributed by atoms with Gasteiger partial charge >= 0.3 is 0 Å². The minimum Gasteiger partial charge on any atom is -0.358 e. The molecule has 0 aromatic heterocycles. The van der Waals surface area contributed by atoms with Crippen molar-refractivity contribution in [3.05, 3.63) is 0 Å². The molecule has 3 nitrogen and oxygen atoms in total. The summed E-state index contributed by atoms with van der Waals surface area (Å²) in [5, 5.41) is 5.72. The third kappa shape index (κ3) is 4.88. The summed E-state index contributed by atoms with van der Waals surface area (Å²) in [7, 11) is 1.65. The van der Waals surface area contributed by atoms with Gasteiger partial charge in [0.15, 0.2) is 0 Å². The summed E-state index contributed by atoms with van der Waals surface area (Å²) in [4.78, 5) is 10.9. The van der Waals surface area contributed by atoms with Crippen LogP contribution in [0.3, 0.4) is 0 Å². The summed E-state index contributed by atoms with van der Waals surface area (Å²) < 4.78 is 0. The Bertz CT molecular complexity index is 164. The van der Waals surface area contributed by atoms with Gasteiger partial charge in [-0.05, 0) is 11.3 Å². The highest BCUT2D eigenvalue weighted by Crippen LogP contribution is 2.24. The lowest BCUT2D eigenvalue weighted by Gasteiger charge is -2.29. The molecule has 0 aliphatic heterocycles. The average molecular weight is 186 g/mol. The van der Waals surface area contributed by atoms with E-state index in [2.05, 4.69) is 38.3 Å². The maximum Gasteiger partial charge on any atom is 0.233 e. The van der Waals surface area contributed by atoms with E-state index in [9.17, 15) is 4.79 Å². The predicted octanol–water partition coefficient (Wildman–Crippen LogP) is 1.00. The summed E-state index contributed by atoms with van der Waals surface area (Å²) in [5.74, 6) is 0.657. The van der Waals surface area contributed by atoms with Crippen LogP contribution >= 0.6 is 0 Å². The van der Waals surface area contributed by atoms with Crippen LogP contribution in [0.1, 0.15) is 27.7 Å². The number of likely N-dealkylation sites (N-methyl/N-ethyl adjacent to an activating group) is 1. The quantitative estimate of drug-likeness (QED) is 0.672. The van der Waals surface area contributed by atoms with Crippen molar-refractivity contribution >= 4 is 5.91 Å². The number of hydrogen-bond acceptors (Lipinski definition) is 2. The standard InChI is InChI=1S/C10H22N2O/c1-8(2)10(3,4)7-12-6-9(13)11-5/h8,12H,6-7H2,1-5H3,(H,11,13). The molecule has 78 valence electrons. The highest BCUT2D eigenvalue weighted by atomic mass is 16.1. The summed E-state index contributed by atoms with van der Waals surface area (Å²) in [6.07, 6.45) is 0. The van der Waals surface area contributed by atoms with E-state index in [1.54, 1.807) is 7.05 Å². The van der Waals surface area contributed by atoms with Gasteiger partial charge in [-0.2, -0.15) is 0 Å². The number of amides is 1. The Labute approximate surface area is 81.3 Å². The second-order valence-electron chi connectivity index (χ2n) is 4.42. The van der Waals surface area contributed by atoms with E-state index in [0.717, 1.165) is 6.54 Å². The van der Waals surface area contributed by atoms with Crippen molar-refractivity contribution in [2.45, 2.75) is 27.7 Å². The van der Waals surface area contributed by atoms with Gasteiger partial charge in [0.2, 0.25) is 5.91 Å². The van der Waals surface area contributed by atoms with Gasteiger partial charge < -0.3 is 10.6 Å². The molecule has 0 aromatic carbocycles. The summed E-state index contributed by atoms with van der Waals surface area (Å²) in [5.41, 5.74) is 0.244. The summed E-state index contributed by atoms with van der Waals surface area (Å²) in [6, 6.07) is 0. The van der Waals surface area contributed by atoms with Crippen molar-refractivity contribution in [3.8, 4) is 0 Å². The first-order chi connectivity index (χ1) is 5.90. The van der Waals surface area contributed by atoms with Crippen LogP contribution in [0.2, 0.25) is 0 Å². The molecule has 0 fully saturated rings. The highest BCUT2D eigenvalue weighted by molar-refractivity contribution is 5.77. The Morgan fingerprint density at radius 2 is 1.92 bits per heavy atom. The van der Waals surface area contributed by atoms with Crippen molar-refractivity contribution in [1.82, 2.24) is 10.6 Å². The van der Waals surface area contributed by atoms with Crippen molar-refractivity contribution < 1.29 is 4.79 Å². The third-order valence-electron chi connectivity index (χ3n) is 2.71. The molecule has 0 saturated heterocycles. The fraction of sp³-hybridized carbons (Fsp3) is 0.900. The van der Waals surface area contributed by atoms with Gasteiger partial charge in [0.25, 0.3) is 0 Å². The molecule has 0 atom stereocenters. The van der Waals surface area contributed by atoms with Crippen molar-refractivity contribution in [1.29, 1.82) is 0 Å². The minimum absolute atomic E-state index is 0.0413. The molecule has 0 radical (unpaired) electrons. The predicted molar refractivity (Wildman–Crippen MR) is 55.6 cm³/mol. The molecule has 0 unspecified atom stereocenters. The van der Waals surface area contributed by atoms with Crippen LogP contribution in [0.25, 0.3) is 0 Å². The Morgan fingerprint density at radius 3 is 2.31 bits per heavy atom. The van der Waals surface area contributed by atoms with Gasteiger partial charge in [0.1, 0.15) is 0 Å². The molecule has 0 saturated carbocycles. The van der Waals surface area contributed by atoms with Gasteiger partial charge in [0, 0.05) is 13.6 Å². The molecule has 13 heavy (non-hydrogen) atoms. The van der Waals surface area contributed by atoms with Gasteiger partial charge in [0.05, 0.1) is 6.54 Å². The smallest absolute Gasteiger partial charge is 0.233 e. The maximum atomic E-state index is 10.9. The molecule has 0 heterocycles. The van der Waals surface area contributed by atoms with Crippen LogP contribution in [0.4, 0.5) is 0 Å². The fourth-order valence-electron chi connectivity index (χ4n) is 0.791. The van der Waals surface area contributed by atoms with Crippen LogP contribution in [0.15, 0.2) is 0 Å². The Hall–Kier alpha value is -0.570. The fourth-order valence-corrected chi connectivity index (χ4v) is 0.791. The lowest BCUT2D eigenvalue weighted by atomic mass is 9.81. The molecule has 0 bridgehead atoms. The molecule has 3 heteroatoms. The number of hydrogen-bond donors (Lipinski definition) is 2. The normalized spacial score (nSPS) is 11.8. The van der Waals surface area contributed by atoms with Crippen LogP contribution in [0, 0.1) is 11.3 Å². The van der Waals surface area contributed by atoms with E-state index in [-0.39, 0.29) is 11.3 Å². The van der Waals surface area contributed by atoms with E-state index in [1.807, 2.05) is 0 Å². The van der Waals surface area contributed by atoms with E-state index < -0.39 is 0 Å². The number of rotatable bonds is 5. The van der Waals surface area contributed by atoms with Gasteiger partial charge in [-0.3, -0.25) is 4.79 Å². The molecule has 0 aliphatic carbocycles. The number of carbonyl (C=O) groups is 1. The zero-order valence-electron chi connectivity index (χ0n) is 9.40. The first kappa shape index (κ1) is 12.4. The summed E-state index contributed by atoms with van der Waals surface area (Å²) >= 11 is 0. The summed E-state index contributed by atoms with van der Waals surface area (Å²) in [6.45, 7) is 10.1. The van der Waals surface area contributed by atoms with Crippen molar-refractivity contribution in [3.63, 3.8) is 0 Å². The lowest BCUT2D eigenvalue weighted by Crippen LogP contribution is -2.38. The van der Waals surface area contributed by atoms with Gasteiger partial charge in [-0.1, -0.05) is 27.7 Å². The van der Waals surface area contributed by atoms with Crippen LogP contribution in [-0.2, 0) is 4.79 Å². The monoisotopic (exact) mass is 186 g/mol. The third-order valence-corrected chi connectivity index (χ3v) is 2.71. The molecular weight excluding hydrogens is 164 g/mol. The first-order valence-electron chi connectivity index (χ1n) is 4.81. The molecule has 0 spiro atoms. The SMILES string of the molecule is CNC(=O)CNCC(C)(C)C(C)C. The average Bonchev–Trinajstić information content (AvgIpc) is 2.03. The molecule has 0 aliphatic rings. The van der Waals surface area contributed by atoms with Crippen LogP contribution in [0.5, 0.6) is 0 Å². The second-order valence-corrected chi connectivity index (χ2v) is 4.42. The first-order valence-corrected chi connectivity index (χ1v) is 4.81. The molecule has 0 rings (SSSR count).